The molecule has 0 spiro atoms. The summed E-state index contributed by atoms with van der Waals surface area (Å²) in [5.74, 6) is 1.67. The second-order valence-electron chi connectivity index (χ2n) is 7.61. The molecule has 1 aliphatic rings. The van der Waals surface area contributed by atoms with Gasteiger partial charge in [0.25, 0.3) is 5.91 Å². The lowest BCUT2D eigenvalue weighted by Gasteiger charge is -2.15. The van der Waals surface area contributed by atoms with Gasteiger partial charge in [-0.05, 0) is 49.6 Å². The molecule has 0 aromatic heterocycles. The summed E-state index contributed by atoms with van der Waals surface area (Å²) in [7, 11) is 0. The fourth-order valence-corrected chi connectivity index (χ4v) is 3.31. The van der Waals surface area contributed by atoms with Crippen molar-refractivity contribution < 1.29 is 9.53 Å². The number of halogens is 1. The summed E-state index contributed by atoms with van der Waals surface area (Å²) in [6, 6.07) is 16.0. The number of nitrogens with zero attached hydrogens (tertiary/aromatic N) is 1. The number of hydrogen-bond donors (Lipinski definition) is 3. The summed E-state index contributed by atoms with van der Waals surface area (Å²) in [5, 5.41) is 9.65. The van der Waals surface area contributed by atoms with Crippen LogP contribution in [-0.2, 0) is 13.0 Å². The number of para-hydroxylation sites is 1. The first-order valence-corrected chi connectivity index (χ1v) is 10.8. The van der Waals surface area contributed by atoms with E-state index in [0.717, 1.165) is 36.7 Å². The van der Waals surface area contributed by atoms with Crippen molar-refractivity contribution >= 4 is 35.8 Å². The Hall–Kier alpha value is -2.29. The number of benzene rings is 2. The predicted octanol–water partition coefficient (Wildman–Crippen LogP) is 3.89. The number of fused-ring (bicyclic) bond motifs is 1. The Morgan fingerprint density at radius 1 is 1.16 bits per heavy atom. The van der Waals surface area contributed by atoms with Crippen LogP contribution in [0.2, 0.25) is 0 Å². The molecule has 1 aliphatic heterocycles. The first-order chi connectivity index (χ1) is 14.6. The van der Waals surface area contributed by atoms with Crippen LogP contribution in [0, 0.1) is 0 Å². The van der Waals surface area contributed by atoms with E-state index < -0.39 is 0 Å². The molecule has 1 heterocycles. The van der Waals surface area contributed by atoms with Gasteiger partial charge in [0.15, 0.2) is 5.96 Å². The second kappa shape index (κ2) is 12.5. The predicted molar refractivity (Wildman–Crippen MR) is 136 cm³/mol. The zero-order chi connectivity index (χ0) is 21.3. The topological polar surface area (TPSA) is 74.8 Å². The van der Waals surface area contributed by atoms with Crippen LogP contribution < -0.4 is 20.7 Å². The van der Waals surface area contributed by atoms with Gasteiger partial charge >= 0.3 is 0 Å². The normalized spacial score (nSPS) is 15.8. The summed E-state index contributed by atoms with van der Waals surface area (Å²) in [6.45, 7) is 8.05. The van der Waals surface area contributed by atoms with Crippen molar-refractivity contribution in [3.05, 3.63) is 65.2 Å². The standard InChI is InChI=1S/C24H32N4O2.HI/c1-4-17(3)28-23(29)20-11-8-9-18(13-20)15-26-24(25-5-2)27-16-21-14-19-10-6-7-12-22(19)30-21;/h6-13,17,21H,4-5,14-16H2,1-3H3,(H,28,29)(H2,25,26,27);1H. The Labute approximate surface area is 202 Å². The maximum absolute atomic E-state index is 12.4. The molecule has 2 aromatic carbocycles. The van der Waals surface area contributed by atoms with Crippen molar-refractivity contribution in [1.29, 1.82) is 0 Å². The minimum atomic E-state index is -0.0434. The van der Waals surface area contributed by atoms with E-state index in [1.807, 2.05) is 56.3 Å². The second-order valence-corrected chi connectivity index (χ2v) is 7.61. The molecule has 0 fully saturated rings. The molecule has 0 saturated carbocycles. The molecule has 3 rings (SSSR count). The third-order valence-electron chi connectivity index (χ3n) is 5.15. The highest BCUT2D eigenvalue weighted by molar-refractivity contribution is 14.0. The summed E-state index contributed by atoms with van der Waals surface area (Å²) < 4.78 is 5.99. The minimum absolute atomic E-state index is 0. The van der Waals surface area contributed by atoms with Gasteiger partial charge in [0.2, 0.25) is 0 Å². The molecule has 3 N–H and O–H groups in total. The molecule has 0 bridgehead atoms. The number of rotatable bonds is 8. The van der Waals surface area contributed by atoms with Crippen LogP contribution in [0.25, 0.3) is 0 Å². The van der Waals surface area contributed by atoms with Gasteiger partial charge in [-0.1, -0.05) is 37.3 Å². The average Bonchev–Trinajstić information content (AvgIpc) is 3.18. The van der Waals surface area contributed by atoms with Gasteiger partial charge in [0.1, 0.15) is 11.9 Å². The number of aliphatic imine (C=N–C) groups is 1. The zero-order valence-corrected chi connectivity index (χ0v) is 20.8. The SMILES string of the molecule is CCNC(=NCc1cccc(C(=O)NC(C)CC)c1)NCC1Cc2ccccc2O1.I. The van der Waals surface area contributed by atoms with E-state index in [0.29, 0.717) is 18.7 Å². The van der Waals surface area contributed by atoms with E-state index in [1.165, 1.54) is 5.56 Å². The minimum Gasteiger partial charge on any atom is -0.488 e. The van der Waals surface area contributed by atoms with Crippen molar-refractivity contribution in [1.82, 2.24) is 16.0 Å². The highest BCUT2D eigenvalue weighted by Gasteiger charge is 2.22. The maximum atomic E-state index is 12.4. The van der Waals surface area contributed by atoms with E-state index in [1.54, 1.807) is 0 Å². The molecular formula is C24H33IN4O2. The number of carbonyl (C=O) groups is 1. The lowest BCUT2D eigenvalue weighted by Crippen LogP contribution is -2.42. The van der Waals surface area contributed by atoms with Crippen LogP contribution in [0.3, 0.4) is 0 Å². The third kappa shape index (κ3) is 7.41. The molecule has 2 aromatic rings. The summed E-state index contributed by atoms with van der Waals surface area (Å²) in [6.07, 6.45) is 1.90. The molecule has 2 atom stereocenters. The Kier molecular flexibility index (Phi) is 10.1. The van der Waals surface area contributed by atoms with Crippen molar-refractivity contribution in [2.45, 2.75) is 52.3 Å². The number of nitrogens with one attached hydrogen (secondary N) is 3. The first kappa shape index (κ1) is 25.0. The quantitative estimate of drug-likeness (QED) is 0.272. The van der Waals surface area contributed by atoms with Gasteiger partial charge in [0.05, 0.1) is 13.1 Å². The van der Waals surface area contributed by atoms with Gasteiger partial charge in [-0.25, -0.2) is 4.99 Å². The number of guanidine groups is 1. The number of ether oxygens (including phenoxy) is 1. The molecule has 6 nitrogen and oxygen atoms in total. The smallest absolute Gasteiger partial charge is 0.251 e. The van der Waals surface area contributed by atoms with Gasteiger partial charge in [-0.15, -0.1) is 24.0 Å². The van der Waals surface area contributed by atoms with Crippen LogP contribution in [0.5, 0.6) is 5.75 Å². The monoisotopic (exact) mass is 536 g/mol. The molecule has 0 aliphatic carbocycles. The van der Waals surface area contributed by atoms with E-state index in [9.17, 15) is 4.79 Å². The maximum Gasteiger partial charge on any atom is 0.251 e. The largest absolute Gasteiger partial charge is 0.488 e. The van der Waals surface area contributed by atoms with Crippen molar-refractivity contribution in [2.75, 3.05) is 13.1 Å². The Bertz CT molecular complexity index is 862. The highest BCUT2D eigenvalue weighted by Crippen LogP contribution is 2.27. The molecule has 168 valence electrons. The lowest BCUT2D eigenvalue weighted by atomic mass is 10.1. The number of amides is 1. The van der Waals surface area contributed by atoms with Gasteiger partial charge in [-0.3, -0.25) is 4.79 Å². The van der Waals surface area contributed by atoms with Crippen molar-refractivity contribution in [3.63, 3.8) is 0 Å². The molecule has 1 amide bonds. The van der Waals surface area contributed by atoms with Gasteiger partial charge in [-0.2, -0.15) is 0 Å². The van der Waals surface area contributed by atoms with Gasteiger partial charge < -0.3 is 20.7 Å². The molecule has 7 heteroatoms. The third-order valence-corrected chi connectivity index (χ3v) is 5.15. The molecule has 31 heavy (non-hydrogen) atoms. The van der Waals surface area contributed by atoms with Crippen molar-refractivity contribution in [3.8, 4) is 5.75 Å². The molecular weight excluding hydrogens is 503 g/mol. The lowest BCUT2D eigenvalue weighted by molar-refractivity contribution is 0.0939. The molecule has 0 radical (unpaired) electrons. The van der Waals surface area contributed by atoms with Crippen LogP contribution in [0.15, 0.2) is 53.5 Å². The van der Waals surface area contributed by atoms with Gasteiger partial charge in [0, 0.05) is 24.6 Å². The number of carbonyl (C=O) groups excluding carboxylic acids is 1. The summed E-state index contributed by atoms with van der Waals surface area (Å²) >= 11 is 0. The van der Waals surface area contributed by atoms with E-state index in [-0.39, 0.29) is 42.0 Å². The van der Waals surface area contributed by atoms with Crippen molar-refractivity contribution in [2.24, 2.45) is 4.99 Å². The summed E-state index contributed by atoms with van der Waals surface area (Å²) in [5.41, 5.74) is 2.91. The number of hydrogen-bond acceptors (Lipinski definition) is 3. The first-order valence-electron chi connectivity index (χ1n) is 10.8. The van der Waals surface area contributed by atoms with Crippen LogP contribution in [-0.4, -0.2) is 37.1 Å². The fraction of sp³-hybridized carbons (Fsp3) is 0.417. The molecule has 0 saturated heterocycles. The Balaban J connectivity index is 0.00000341. The van der Waals surface area contributed by atoms with E-state index >= 15 is 0 Å². The van der Waals surface area contributed by atoms with Crippen LogP contribution in [0.1, 0.15) is 48.7 Å². The fourth-order valence-electron chi connectivity index (χ4n) is 3.31. The molecule has 2 unspecified atom stereocenters. The Morgan fingerprint density at radius 2 is 1.97 bits per heavy atom. The zero-order valence-electron chi connectivity index (χ0n) is 18.5. The van der Waals surface area contributed by atoms with E-state index in [2.05, 4.69) is 33.9 Å². The van der Waals surface area contributed by atoms with Crippen LogP contribution >= 0.6 is 24.0 Å². The van der Waals surface area contributed by atoms with E-state index in [4.69, 9.17) is 4.74 Å². The highest BCUT2D eigenvalue weighted by atomic mass is 127. The average molecular weight is 536 g/mol. The Morgan fingerprint density at radius 3 is 2.71 bits per heavy atom. The summed E-state index contributed by atoms with van der Waals surface area (Å²) in [4.78, 5) is 17.0. The van der Waals surface area contributed by atoms with Crippen LogP contribution in [0.4, 0.5) is 0 Å².